The molecule has 8 heteroatoms. The van der Waals surface area contributed by atoms with Gasteiger partial charge < -0.3 is 15.5 Å². The Morgan fingerprint density at radius 1 is 1.00 bits per heavy atom. The molecular weight excluding hydrogens is 393 g/mol. The Morgan fingerprint density at radius 3 is 2.31 bits per heavy atom. The van der Waals surface area contributed by atoms with Gasteiger partial charge >= 0.3 is 0 Å². The summed E-state index contributed by atoms with van der Waals surface area (Å²) in [5.41, 5.74) is 1.52. The summed E-state index contributed by atoms with van der Waals surface area (Å²) in [5, 5.41) is 5.15. The molecule has 152 valence electrons. The minimum Gasteiger partial charge on any atom is -0.341 e. The molecule has 0 aliphatic carbocycles. The van der Waals surface area contributed by atoms with Gasteiger partial charge in [0.25, 0.3) is 5.91 Å². The van der Waals surface area contributed by atoms with E-state index in [1.54, 1.807) is 24.3 Å². The van der Waals surface area contributed by atoms with Crippen LogP contribution >= 0.6 is 11.8 Å². The van der Waals surface area contributed by atoms with Gasteiger partial charge in [-0.3, -0.25) is 14.4 Å². The van der Waals surface area contributed by atoms with Gasteiger partial charge in [-0.15, -0.1) is 0 Å². The summed E-state index contributed by atoms with van der Waals surface area (Å²) in [6.45, 7) is 2.89. The second kappa shape index (κ2) is 9.56. The minimum atomic E-state index is -0.682. The van der Waals surface area contributed by atoms with Crippen molar-refractivity contribution < 1.29 is 18.8 Å². The highest BCUT2D eigenvalue weighted by Crippen LogP contribution is 2.18. The molecule has 0 spiro atoms. The van der Waals surface area contributed by atoms with Gasteiger partial charge in [0.1, 0.15) is 5.82 Å². The summed E-state index contributed by atoms with van der Waals surface area (Å²) in [7, 11) is 0. The first-order valence-electron chi connectivity index (χ1n) is 9.25. The molecule has 0 unspecified atom stereocenters. The van der Waals surface area contributed by atoms with Crippen molar-refractivity contribution in [2.45, 2.75) is 13.3 Å². The molecule has 1 heterocycles. The smallest absolute Gasteiger partial charge is 0.258 e. The third-order valence-corrected chi connectivity index (χ3v) is 5.40. The van der Waals surface area contributed by atoms with Crippen molar-refractivity contribution in [3.05, 3.63) is 59.4 Å². The molecule has 0 atom stereocenters. The first kappa shape index (κ1) is 20.9. The average Bonchev–Trinajstić information content (AvgIpc) is 2.71. The van der Waals surface area contributed by atoms with Gasteiger partial charge in [0.05, 0.1) is 12.0 Å². The minimum absolute atomic E-state index is 0.0962. The lowest BCUT2D eigenvalue weighted by molar-refractivity contribution is -0.130. The quantitative estimate of drug-likeness (QED) is 0.786. The van der Waals surface area contributed by atoms with E-state index in [4.69, 9.17) is 0 Å². The lowest BCUT2D eigenvalue weighted by Crippen LogP contribution is -2.38. The van der Waals surface area contributed by atoms with Crippen LogP contribution in [0.1, 0.15) is 22.8 Å². The first-order valence-corrected chi connectivity index (χ1v) is 10.4. The Morgan fingerprint density at radius 2 is 1.66 bits per heavy atom. The van der Waals surface area contributed by atoms with E-state index >= 15 is 0 Å². The van der Waals surface area contributed by atoms with Crippen LogP contribution in [0, 0.1) is 5.82 Å². The van der Waals surface area contributed by atoms with E-state index in [0.29, 0.717) is 17.8 Å². The molecule has 0 saturated carbocycles. The molecule has 0 aromatic heterocycles. The zero-order valence-electron chi connectivity index (χ0n) is 16.0. The molecule has 1 aliphatic rings. The standard InChI is InChI=1S/C21H22FN3O3S/c1-14(26)23-17-6-7-19(22)18(13-17)21(28)24-16-4-2-15(3-5-16)12-20(27)25-8-10-29-11-9-25/h2-7,13H,8-12H2,1H3,(H,23,26)(H,24,28). The van der Waals surface area contributed by atoms with Crippen molar-refractivity contribution in [1.29, 1.82) is 0 Å². The molecule has 3 amide bonds. The van der Waals surface area contributed by atoms with Crippen LogP contribution in [-0.4, -0.2) is 47.2 Å². The molecule has 3 rings (SSSR count). The highest BCUT2D eigenvalue weighted by molar-refractivity contribution is 7.99. The third kappa shape index (κ3) is 5.80. The van der Waals surface area contributed by atoms with Crippen LogP contribution in [0.5, 0.6) is 0 Å². The number of halogens is 1. The fraction of sp³-hybridized carbons (Fsp3) is 0.286. The number of benzene rings is 2. The second-order valence-corrected chi connectivity index (χ2v) is 7.92. The number of rotatable bonds is 5. The van der Waals surface area contributed by atoms with Crippen molar-refractivity contribution in [1.82, 2.24) is 4.90 Å². The molecular formula is C21H22FN3O3S. The predicted molar refractivity (Wildman–Crippen MR) is 113 cm³/mol. The Kier molecular flexibility index (Phi) is 6.87. The first-order chi connectivity index (χ1) is 13.9. The Labute approximate surface area is 172 Å². The van der Waals surface area contributed by atoms with E-state index in [1.165, 1.54) is 19.1 Å². The maximum absolute atomic E-state index is 14.0. The third-order valence-electron chi connectivity index (χ3n) is 4.46. The van der Waals surface area contributed by atoms with Crippen molar-refractivity contribution >= 4 is 40.9 Å². The molecule has 1 saturated heterocycles. The van der Waals surface area contributed by atoms with Gasteiger partial charge in [0.15, 0.2) is 0 Å². The van der Waals surface area contributed by atoms with Crippen LogP contribution in [0.4, 0.5) is 15.8 Å². The van der Waals surface area contributed by atoms with E-state index < -0.39 is 11.7 Å². The molecule has 1 fully saturated rings. The molecule has 0 bridgehead atoms. The number of nitrogens with zero attached hydrogens (tertiary/aromatic N) is 1. The Hall–Kier alpha value is -2.87. The highest BCUT2D eigenvalue weighted by atomic mass is 32.2. The summed E-state index contributed by atoms with van der Waals surface area (Å²) in [4.78, 5) is 37.8. The van der Waals surface area contributed by atoms with Gasteiger partial charge in [-0.05, 0) is 35.9 Å². The van der Waals surface area contributed by atoms with Gasteiger partial charge in [-0.25, -0.2) is 4.39 Å². The van der Waals surface area contributed by atoms with Crippen molar-refractivity contribution in [2.24, 2.45) is 0 Å². The van der Waals surface area contributed by atoms with E-state index in [1.807, 2.05) is 16.7 Å². The predicted octanol–water partition coefficient (Wildman–Crippen LogP) is 3.15. The molecule has 2 aromatic rings. The van der Waals surface area contributed by atoms with E-state index in [-0.39, 0.29) is 17.4 Å². The molecule has 0 radical (unpaired) electrons. The van der Waals surface area contributed by atoms with Crippen LogP contribution in [0.25, 0.3) is 0 Å². The van der Waals surface area contributed by atoms with Crippen LogP contribution in [0.15, 0.2) is 42.5 Å². The van der Waals surface area contributed by atoms with E-state index in [0.717, 1.165) is 36.2 Å². The fourth-order valence-electron chi connectivity index (χ4n) is 2.98. The Bertz CT molecular complexity index is 912. The highest BCUT2D eigenvalue weighted by Gasteiger charge is 2.17. The van der Waals surface area contributed by atoms with Crippen molar-refractivity contribution in [3.63, 3.8) is 0 Å². The number of hydrogen-bond donors (Lipinski definition) is 2. The maximum atomic E-state index is 14.0. The van der Waals surface area contributed by atoms with Gasteiger partial charge in [-0.2, -0.15) is 11.8 Å². The lowest BCUT2D eigenvalue weighted by atomic mass is 10.1. The largest absolute Gasteiger partial charge is 0.341 e. The number of nitrogens with one attached hydrogen (secondary N) is 2. The average molecular weight is 415 g/mol. The number of anilines is 2. The molecule has 1 aliphatic heterocycles. The zero-order valence-corrected chi connectivity index (χ0v) is 16.9. The second-order valence-electron chi connectivity index (χ2n) is 6.70. The van der Waals surface area contributed by atoms with Crippen LogP contribution in [0.2, 0.25) is 0 Å². The summed E-state index contributed by atoms with van der Waals surface area (Å²) >= 11 is 1.85. The van der Waals surface area contributed by atoms with E-state index in [2.05, 4.69) is 10.6 Å². The zero-order chi connectivity index (χ0) is 20.8. The summed E-state index contributed by atoms with van der Waals surface area (Å²) in [6, 6.07) is 10.7. The summed E-state index contributed by atoms with van der Waals surface area (Å²) < 4.78 is 14.0. The topological polar surface area (TPSA) is 78.5 Å². The van der Waals surface area contributed by atoms with Crippen molar-refractivity contribution in [3.8, 4) is 0 Å². The molecule has 2 aromatic carbocycles. The molecule has 6 nitrogen and oxygen atoms in total. The number of thioether (sulfide) groups is 1. The molecule has 29 heavy (non-hydrogen) atoms. The number of carbonyl (C=O) groups excluding carboxylic acids is 3. The monoisotopic (exact) mass is 415 g/mol. The van der Waals surface area contributed by atoms with E-state index in [9.17, 15) is 18.8 Å². The Balaban J connectivity index is 1.62. The summed E-state index contributed by atoms with van der Waals surface area (Å²) in [5.74, 6) is 0.422. The van der Waals surface area contributed by atoms with Gasteiger partial charge in [0.2, 0.25) is 11.8 Å². The summed E-state index contributed by atoms with van der Waals surface area (Å²) in [6.07, 6.45) is 0.312. The number of amides is 3. The van der Waals surface area contributed by atoms with Gasteiger partial charge in [-0.1, -0.05) is 12.1 Å². The number of hydrogen-bond acceptors (Lipinski definition) is 4. The van der Waals surface area contributed by atoms with Crippen LogP contribution < -0.4 is 10.6 Å². The lowest BCUT2D eigenvalue weighted by Gasteiger charge is -2.26. The fourth-order valence-corrected chi connectivity index (χ4v) is 3.89. The van der Waals surface area contributed by atoms with Crippen LogP contribution in [-0.2, 0) is 16.0 Å². The number of carbonyl (C=O) groups is 3. The van der Waals surface area contributed by atoms with Crippen LogP contribution in [0.3, 0.4) is 0 Å². The SMILES string of the molecule is CC(=O)Nc1ccc(F)c(C(=O)Nc2ccc(CC(=O)N3CCSCC3)cc2)c1. The maximum Gasteiger partial charge on any atom is 0.258 e. The normalized spacial score (nSPS) is 13.7. The molecule has 2 N–H and O–H groups in total. The van der Waals surface area contributed by atoms with Crippen molar-refractivity contribution in [2.75, 3.05) is 35.2 Å². The van der Waals surface area contributed by atoms with Gasteiger partial charge in [0, 0.05) is 42.9 Å².